The molecule has 0 atom stereocenters. The maximum absolute atomic E-state index is 12.5. The third-order valence-electron chi connectivity index (χ3n) is 3.77. The number of nitrogens with one attached hydrogen (secondary N) is 1. The van der Waals surface area contributed by atoms with E-state index in [1.165, 1.54) is 44.6 Å². The van der Waals surface area contributed by atoms with Gasteiger partial charge in [0, 0.05) is 5.69 Å². The fourth-order valence-corrected chi connectivity index (χ4v) is 3.17. The number of hydrogen-bond donors (Lipinski definition) is 1. The van der Waals surface area contributed by atoms with Gasteiger partial charge < -0.3 is 19.5 Å². The van der Waals surface area contributed by atoms with Crippen LogP contribution in [0.5, 0.6) is 11.5 Å². The summed E-state index contributed by atoms with van der Waals surface area (Å²) in [5.74, 6) is -0.316. The Hall–Kier alpha value is -3.57. The normalized spacial score (nSPS) is 10.4. The maximum atomic E-state index is 12.5. The molecule has 0 aliphatic heterocycles. The minimum atomic E-state index is -0.609. The van der Waals surface area contributed by atoms with Crippen molar-refractivity contribution in [2.24, 2.45) is 0 Å². The Bertz CT molecular complexity index is 1070. The SMILES string of the molecule is COC(=O)c1ccc(NC(=O)/C(C#N)=C/c2cc(I)c(OCC#N)c(OC)c2)cc1. The van der Waals surface area contributed by atoms with Crippen LogP contribution in [0.25, 0.3) is 6.08 Å². The van der Waals surface area contributed by atoms with Gasteiger partial charge in [-0.25, -0.2) is 4.79 Å². The first-order chi connectivity index (χ1) is 14.4. The van der Waals surface area contributed by atoms with Crippen molar-refractivity contribution in [2.45, 2.75) is 0 Å². The number of halogens is 1. The van der Waals surface area contributed by atoms with Crippen molar-refractivity contribution in [2.75, 3.05) is 26.1 Å². The molecule has 0 bridgehead atoms. The molecule has 0 fully saturated rings. The number of methoxy groups -OCH3 is 2. The molecule has 2 rings (SSSR count). The molecule has 2 aromatic rings. The molecule has 1 amide bonds. The van der Waals surface area contributed by atoms with Crippen LogP contribution >= 0.6 is 22.6 Å². The summed E-state index contributed by atoms with van der Waals surface area (Å²) in [5, 5.41) is 20.7. The summed E-state index contributed by atoms with van der Waals surface area (Å²) in [6, 6.07) is 13.1. The lowest BCUT2D eigenvalue weighted by Crippen LogP contribution is -2.13. The summed E-state index contributed by atoms with van der Waals surface area (Å²) in [6.07, 6.45) is 1.41. The molecule has 9 heteroatoms. The third kappa shape index (κ3) is 5.72. The number of hydrogen-bond acceptors (Lipinski definition) is 7. The molecule has 0 unspecified atom stereocenters. The number of esters is 1. The highest BCUT2D eigenvalue weighted by atomic mass is 127. The second-order valence-corrected chi connectivity index (χ2v) is 6.84. The molecule has 1 N–H and O–H groups in total. The van der Waals surface area contributed by atoms with E-state index in [1.807, 2.05) is 34.7 Å². The van der Waals surface area contributed by atoms with Crippen molar-refractivity contribution in [3.8, 4) is 23.6 Å². The van der Waals surface area contributed by atoms with E-state index in [1.54, 1.807) is 12.1 Å². The van der Waals surface area contributed by atoms with Crippen molar-refractivity contribution >= 4 is 46.2 Å². The number of rotatable bonds is 7. The minimum Gasteiger partial charge on any atom is -0.493 e. The van der Waals surface area contributed by atoms with Crippen molar-refractivity contribution in [1.82, 2.24) is 0 Å². The summed E-state index contributed by atoms with van der Waals surface area (Å²) in [6.45, 7) is -0.137. The van der Waals surface area contributed by atoms with E-state index in [0.29, 0.717) is 31.9 Å². The molecular weight excluding hydrogens is 501 g/mol. The number of nitriles is 2. The fraction of sp³-hybridized carbons (Fsp3) is 0.143. The number of carbonyl (C=O) groups excluding carboxylic acids is 2. The first-order valence-electron chi connectivity index (χ1n) is 8.42. The Morgan fingerprint density at radius 3 is 2.43 bits per heavy atom. The predicted molar refractivity (Wildman–Crippen MR) is 117 cm³/mol. The summed E-state index contributed by atoms with van der Waals surface area (Å²) in [5.41, 5.74) is 1.18. The van der Waals surface area contributed by atoms with Crippen LogP contribution in [-0.2, 0) is 9.53 Å². The van der Waals surface area contributed by atoms with E-state index in [4.69, 9.17) is 14.7 Å². The highest BCUT2D eigenvalue weighted by Crippen LogP contribution is 2.34. The Labute approximate surface area is 186 Å². The molecule has 0 radical (unpaired) electrons. The van der Waals surface area contributed by atoms with E-state index >= 15 is 0 Å². The van der Waals surface area contributed by atoms with Crippen LogP contribution in [0.1, 0.15) is 15.9 Å². The van der Waals surface area contributed by atoms with Crippen molar-refractivity contribution in [3.05, 3.63) is 56.7 Å². The minimum absolute atomic E-state index is 0.129. The van der Waals surface area contributed by atoms with Crippen LogP contribution in [0.4, 0.5) is 5.69 Å². The average Bonchev–Trinajstić information content (AvgIpc) is 2.76. The monoisotopic (exact) mass is 517 g/mol. The molecule has 0 spiro atoms. The highest BCUT2D eigenvalue weighted by molar-refractivity contribution is 14.1. The molecule has 8 nitrogen and oxygen atoms in total. The van der Waals surface area contributed by atoms with Gasteiger partial charge in [0.25, 0.3) is 5.91 Å². The van der Waals surface area contributed by atoms with E-state index in [9.17, 15) is 14.9 Å². The summed E-state index contributed by atoms with van der Waals surface area (Å²) >= 11 is 2.02. The Balaban J connectivity index is 2.25. The van der Waals surface area contributed by atoms with Gasteiger partial charge in [0.05, 0.1) is 23.4 Å². The Kier molecular flexibility index (Phi) is 8.20. The predicted octanol–water partition coefficient (Wildman–Crippen LogP) is 3.53. The van der Waals surface area contributed by atoms with Crippen molar-refractivity contribution in [1.29, 1.82) is 10.5 Å². The average molecular weight is 517 g/mol. The Morgan fingerprint density at radius 1 is 1.17 bits per heavy atom. The van der Waals surface area contributed by atoms with E-state index in [-0.39, 0.29) is 12.2 Å². The van der Waals surface area contributed by atoms with Crippen LogP contribution < -0.4 is 14.8 Å². The molecule has 0 saturated heterocycles. The lowest BCUT2D eigenvalue weighted by Gasteiger charge is -2.12. The topological polar surface area (TPSA) is 121 Å². The van der Waals surface area contributed by atoms with Gasteiger partial charge in [-0.15, -0.1) is 0 Å². The van der Waals surface area contributed by atoms with Crippen LogP contribution in [-0.4, -0.2) is 32.7 Å². The standard InChI is InChI=1S/C21H16IN3O5/c1-28-18-11-13(10-17(22)19(18)30-8-7-23)9-15(12-24)20(26)25-16-5-3-14(4-6-16)21(27)29-2/h3-6,9-11H,8H2,1-2H3,(H,25,26)/b15-9+. The zero-order chi connectivity index (χ0) is 22.1. The first-order valence-corrected chi connectivity index (χ1v) is 9.50. The van der Waals surface area contributed by atoms with E-state index in [0.717, 1.165) is 0 Å². The molecule has 0 aliphatic carbocycles. The van der Waals surface area contributed by atoms with Gasteiger partial charge in [-0.2, -0.15) is 10.5 Å². The van der Waals surface area contributed by atoms with Gasteiger partial charge in [-0.1, -0.05) is 0 Å². The molecule has 0 aromatic heterocycles. The van der Waals surface area contributed by atoms with Crippen LogP contribution in [0, 0.1) is 26.2 Å². The molecule has 0 aliphatic rings. The largest absolute Gasteiger partial charge is 0.493 e. The van der Waals surface area contributed by atoms with Crippen LogP contribution in [0.3, 0.4) is 0 Å². The molecule has 2 aromatic carbocycles. The summed E-state index contributed by atoms with van der Waals surface area (Å²) < 4.78 is 15.9. The van der Waals surface area contributed by atoms with Crippen LogP contribution in [0.2, 0.25) is 0 Å². The van der Waals surface area contributed by atoms with Gasteiger partial charge in [0.2, 0.25) is 0 Å². The van der Waals surface area contributed by atoms with Crippen molar-refractivity contribution in [3.63, 3.8) is 0 Å². The van der Waals surface area contributed by atoms with Crippen LogP contribution in [0.15, 0.2) is 42.0 Å². The Morgan fingerprint density at radius 2 is 1.87 bits per heavy atom. The summed E-state index contributed by atoms with van der Waals surface area (Å²) in [4.78, 5) is 24.0. The lowest BCUT2D eigenvalue weighted by atomic mass is 10.1. The number of carbonyl (C=O) groups is 2. The number of anilines is 1. The van der Waals surface area contributed by atoms with Gasteiger partial charge in [0.15, 0.2) is 18.1 Å². The molecule has 152 valence electrons. The van der Waals surface area contributed by atoms with Gasteiger partial charge in [-0.05, 0) is 70.6 Å². The van der Waals surface area contributed by atoms with Crippen molar-refractivity contribution < 1.29 is 23.8 Å². The van der Waals surface area contributed by atoms with E-state index in [2.05, 4.69) is 10.1 Å². The molecule has 0 heterocycles. The quantitative estimate of drug-likeness (QED) is 0.258. The second-order valence-electron chi connectivity index (χ2n) is 5.67. The van der Waals surface area contributed by atoms with Gasteiger partial charge in [0.1, 0.15) is 17.7 Å². The highest BCUT2D eigenvalue weighted by Gasteiger charge is 2.14. The van der Waals surface area contributed by atoms with Gasteiger partial charge in [-0.3, -0.25) is 4.79 Å². The number of benzene rings is 2. The molecule has 0 saturated carbocycles. The maximum Gasteiger partial charge on any atom is 0.337 e. The summed E-state index contributed by atoms with van der Waals surface area (Å²) in [7, 11) is 2.73. The van der Waals surface area contributed by atoms with Gasteiger partial charge >= 0.3 is 5.97 Å². The number of ether oxygens (including phenoxy) is 3. The lowest BCUT2D eigenvalue weighted by molar-refractivity contribution is -0.112. The molecule has 30 heavy (non-hydrogen) atoms. The smallest absolute Gasteiger partial charge is 0.337 e. The zero-order valence-electron chi connectivity index (χ0n) is 16.1. The first kappa shape index (κ1) is 22.7. The third-order valence-corrected chi connectivity index (χ3v) is 4.57. The zero-order valence-corrected chi connectivity index (χ0v) is 18.2. The number of nitrogens with zero attached hydrogens (tertiary/aromatic N) is 2. The second kappa shape index (κ2) is 10.8. The van der Waals surface area contributed by atoms with E-state index < -0.39 is 11.9 Å². The fourth-order valence-electron chi connectivity index (χ4n) is 2.39. The number of amides is 1. The molecular formula is C21H16IN3O5.